The first kappa shape index (κ1) is 27.2. The summed E-state index contributed by atoms with van der Waals surface area (Å²) in [7, 11) is 0. The molecule has 1 unspecified atom stereocenters. The summed E-state index contributed by atoms with van der Waals surface area (Å²) in [5, 5.41) is 5.72. The van der Waals surface area contributed by atoms with Gasteiger partial charge in [-0.15, -0.1) is 0 Å². The van der Waals surface area contributed by atoms with Crippen LogP contribution in [0.1, 0.15) is 62.5 Å². The molecule has 12 heteroatoms. The van der Waals surface area contributed by atoms with E-state index in [2.05, 4.69) is 20.6 Å². The van der Waals surface area contributed by atoms with Gasteiger partial charge in [0.2, 0.25) is 5.91 Å². The highest BCUT2D eigenvalue weighted by atomic mass is 19.4. The van der Waals surface area contributed by atoms with Crippen LogP contribution in [0, 0.1) is 11.6 Å². The fourth-order valence-corrected chi connectivity index (χ4v) is 6.78. The Morgan fingerprint density at radius 3 is 2.70 bits per heavy atom. The van der Waals surface area contributed by atoms with Gasteiger partial charge in [0.25, 0.3) is 5.91 Å². The van der Waals surface area contributed by atoms with Crippen molar-refractivity contribution in [1.29, 1.82) is 0 Å². The number of amides is 2. The van der Waals surface area contributed by atoms with Gasteiger partial charge in [-0.3, -0.25) is 9.59 Å². The van der Waals surface area contributed by atoms with Gasteiger partial charge in [-0.2, -0.15) is 13.2 Å². The maximum absolute atomic E-state index is 14.8. The zero-order chi connectivity index (χ0) is 30.1. The molecule has 2 aromatic heterocycles. The first-order valence-corrected chi connectivity index (χ1v) is 13.8. The van der Waals surface area contributed by atoms with Crippen LogP contribution in [0.4, 0.5) is 27.8 Å². The fraction of sp³-hybridized carbons (Fsp3) is 0.290. The van der Waals surface area contributed by atoms with Crippen molar-refractivity contribution in [1.82, 2.24) is 19.9 Å². The smallest absolute Gasteiger partial charge is 0.342 e. The van der Waals surface area contributed by atoms with Crippen LogP contribution < -0.4 is 10.6 Å². The van der Waals surface area contributed by atoms with Crippen LogP contribution >= 0.6 is 0 Å². The second-order valence-corrected chi connectivity index (χ2v) is 11.4. The predicted octanol–water partition coefficient (Wildman–Crippen LogP) is 5.31. The lowest BCUT2D eigenvalue weighted by Gasteiger charge is -2.32. The van der Waals surface area contributed by atoms with E-state index in [4.69, 9.17) is 0 Å². The number of imidazole rings is 1. The Labute approximate surface area is 242 Å². The number of carbonyl (C=O) groups excluding carboxylic acids is 2. The van der Waals surface area contributed by atoms with Crippen molar-refractivity contribution >= 4 is 17.6 Å². The topological polar surface area (TPSA) is 88.9 Å². The van der Waals surface area contributed by atoms with Crippen molar-refractivity contribution in [2.24, 2.45) is 0 Å². The number of carbonyl (C=O) groups is 2. The lowest BCUT2D eigenvalue weighted by atomic mass is 9.79. The number of rotatable bonds is 4. The maximum atomic E-state index is 14.8. The van der Waals surface area contributed by atoms with Gasteiger partial charge in [0.1, 0.15) is 11.6 Å². The average molecular weight is 594 g/mol. The van der Waals surface area contributed by atoms with Crippen LogP contribution in [0.3, 0.4) is 0 Å². The third kappa shape index (κ3) is 4.56. The van der Waals surface area contributed by atoms with E-state index in [-0.39, 0.29) is 36.0 Å². The van der Waals surface area contributed by atoms with E-state index in [0.717, 1.165) is 29.0 Å². The Morgan fingerprint density at radius 2 is 1.88 bits per heavy atom. The number of benzene rings is 2. The molecule has 0 saturated heterocycles. The number of aromatic nitrogens is 3. The molecule has 0 bridgehead atoms. The minimum atomic E-state index is -4.51. The number of hydrogen-bond donors (Lipinski definition) is 2. The van der Waals surface area contributed by atoms with E-state index >= 15 is 0 Å². The first-order chi connectivity index (χ1) is 20.5. The predicted molar refractivity (Wildman–Crippen MR) is 144 cm³/mol. The van der Waals surface area contributed by atoms with Crippen LogP contribution in [-0.4, -0.2) is 32.5 Å². The zero-order valence-corrected chi connectivity index (χ0v) is 22.5. The van der Waals surface area contributed by atoms with E-state index in [0.29, 0.717) is 24.2 Å². The molecule has 0 radical (unpaired) electrons. The average Bonchev–Trinajstić information content (AvgIpc) is 3.63. The van der Waals surface area contributed by atoms with Crippen molar-refractivity contribution in [3.05, 3.63) is 112 Å². The number of anilines is 1. The molecule has 7 rings (SSSR count). The van der Waals surface area contributed by atoms with E-state index in [1.807, 2.05) is 6.07 Å². The monoisotopic (exact) mass is 593 g/mol. The molecule has 2 N–H and O–H groups in total. The second kappa shape index (κ2) is 9.72. The summed E-state index contributed by atoms with van der Waals surface area (Å²) in [6.07, 6.45) is -2.11. The molecule has 3 atom stereocenters. The van der Waals surface area contributed by atoms with E-state index in [9.17, 15) is 31.5 Å². The molecule has 4 heterocycles. The van der Waals surface area contributed by atoms with Gasteiger partial charge >= 0.3 is 6.18 Å². The van der Waals surface area contributed by atoms with Gasteiger partial charge in [-0.25, -0.2) is 18.7 Å². The highest BCUT2D eigenvalue weighted by Crippen LogP contribution is 2.47. The quantitative estimate of drug-likeness (QED) is 0.314. The minimum absolute atomic E-state index is 0.0176. The van der Waals surface area contributed by atoms with Gasteiger partial charge in [0.05, 0.1) is 17.9 Å². The molecule has 2 amide bonds. The molecule has 220 valence electrons. The SMILES string of the molecule is O=C(N[C@H]1C[C@@H](c2cccc(F)c2F)Cn2c(CC(F)(F)F)cnc21)c1ccc2c(c1)CC1(C2)C(=O)Nc2ncccc21. The maximum Gasteiger partial charge on any atom is 0.394 e. The molecule has 3 aliphatic rings. The van der Waals surface area contributed by atoms with Crippen molar-refractivity contribution in [2.75, 3.05) is 5.32 Å². The molecule has 43 heavy (non-hydrogen) atoms. The molecule has 0 fully saturated rings. The van der Waals surface area contributed by atoms with Crippen LogP contribution in [0.5, 0.6) is 0 Å². The van der Waals surface area contributed by atoms with Gasteiger partial charge < -0.3 is 15.2 Å². The van der Waals surface area contributed by atoms with Gasteiger partial charge in [-0.1, -0.05) is 24.3 Å². The summed E-state index contributed by atoms with van der Waals surface area (Å²) in [4.78, 5) is 35.1. The minimum Gasteiger partial charge on any atom is -0.342 e. The highest BCUT2D eigenvalue weighted by Gasteiger charge is 2.51. The number of pyridine rings is 1. The first-order valence-electron chi connectivity index (χ1n) is 13.8. The Hall–Kier alpha value is -4.61. The molecule has 2 aliphatic heterocycles. The molecule has 7 nitrogen and oxygen atoms in total. The van der Waals surface area contributed by atoms with Crippen molar-refractivity contribution in [3.63, 3.8) is 0 Å². The van der Waals surface area contributed by atoms with Crippen LogP contribution in [0.25, 0.3) is 0 Å². The van der Waals surface area contributed by atoms with Crippen molar-refractivity contribution in [2.45, 2.75) is 55.8 Å². The van der Waals surface area contributed by atoms with Crippen molar-refractivity contribution < 1.29 is 31.5 Å². The van der Waals surface area contributed by atoms with Crippen LogP contribution in [0.15, 0.2) is 60.9 Å². The molecular weight excluding hydrogens is 569 g/mol. The number of fused-ring (bicyclic) bond motifs is 4. The molecule has 0 saturated carbocycles. The normalized spacial score (nSPS) is 22.2. The standard InChI is InChI=1S/C31H24F5N5O2/c32-23-5-1-3-21(25(23)33)19-10-24(27-38-14-20(41(27)15-19)13-31(34,35)36)39-28(42)16-6-7-17-11-30(12-18(17)9-16)22-4-2-8-37-26(22)40-29(30)43/h1-9,14,19,24H,10-13,15H2,(H,39,42)(H,37,40,43)/t19-,24+,30?/m1/s1. The molecular formula is C31H24F5N5O2. The Kier molecular flexibility index (Phi) is 6.15. The summed E-state index contributed by atoms with van der Waals surface area (Å²) < 4.78 is 70.2. The Morgan fingerprint density at radius 1 is 1.07 bits per heavy atom. The third-order valence-electron chi connectivity index (χ3n) is 8.75. The number of hydrogen-bond acceptors (Lipinski definition) is 4. The summed E-state index contributed by atoms with van der Waals surface area (Å²) in [6.45, 7) is -0.0488. The fourth-order valence-electron chi connectivity index (χ4n) is 6.78. The Balaban J connectivity index is 1.18. The highest BCUT2D eigenvalue weighted by molar-refractivity contribution is 6.06. The van der Waals surface area contributed by atoms with Crippen LogP contribution in [-0.2, 0) is 36.0 Å². The number of nitrogens with one attached hydrogen (secondary N) is 2. The number of alkyl halides is 3. The number of nitrogens with zero attached hydrogens (tertiary/aromatic N) is 3. The zero-order valence-electron chi connectivity index (χ0n) is 22.5. The van der Waals surface area contributed by atoms with E-state index in [1.165, 1.54) is 16.7 Å². The summed E-state index contributed by atoms with van der Waals surface area (Å²) in [6, 6.07) is 11.7. The molecule has 1 aliphatic carbocycles. The lowest BCUT2D eigenvalue weighted by molar-refractivity contribution is -0.128. The second-order valence-electron chi connectivity index (χ2n) is 11.4. The molecule has 4 aromatic rings. The van der Waals surface area contributed by atoms with E-state index in [1.54, 1.807) is 30.5 Å². The Bertz CT molecular complexity index is 1800. The van der Waals surface area contributed by atoms with Crippen LogP contribution in [0.2, 0.25) is 0 Å². The third-order valence-corrected chi connectivity index (χ3v) is 8.75. The summed E-state index contributed by atoms with van der Waals surface area (Å²) in [5.74, 6) is -2.76. The molecule has 1 spiro atoms. The van der Waals surface area contributed by atoms with Gasteiger partial charge in [0, 0.05) is 41.7 Å². The van der Waals surface area contributed by atoms with Gasteiger partial charge in [-0.05, 0) is 60.2 Å². The largest absolute Gasteiger partial charge is 0.394 e. The van der Waals surface area contributed by atoms with Gasteiger partial charge in [0.15, 0.2) is 11.6 Å². The number of halogens is 5. The van der Waals surface area contributed by atoms with Crippen molar-refractivity contribution in [3.8, 4) is 0 Å². The lowest BCUT2D eigenvalue weighted by Crippen LogP contribution is -2.36. The molecule has 2 aromatic carbocycles. The summed E-state index contributed by atoms with van der Waals surface area (Å²) in [5.41, 5.74) is 1.94. The summed E-state index contributed by atoms with van der Waals surface area (Å²) >= 11 is 0. The van der Waals surface area contributed by atoms with E-state index < -0.39 is 47.5 Å².